The monoisotopic (exact) mass is 297 g/mol. The van der Waals surface area contributed by atoms with Gasteiger partial charge in [-0.1, -0.05) is 30.3 Å². The number of benzene rings is 1. The molecule has 0 bridgehead atoms. The van der Waals surface area contributed by atoms with Gasteiger partial charge < -0.3 is 5.32 Å². The van der Waals surface area contributed by atoms with Gasteiger partial charge in [-0.2, -0.15) is 0 Å². The third-order valence-corrected chi connectivity index (χ3v) is 4.45. The number of hydrogen-bond donors (Lipinski definition) is 2. The van der Waals surface area contributed by atoms with Gasteiger partial charge in [0.1, 0.15) is 10.8 Å². The van der Waals surface area contributed by atoms with Crippen molar-refractivity contribution >= 4 is 21.4 Å². The van der Waals surface area contributed by atoms with E-state index in [9.17, 15) is 8.42 Å². The Labute approximate surface area is 116 Å². The van der Waals surface area contributed by atoms with Crippen molar-refractivity contribution in [2.75, 3.05) is 7.05 Å². The molecule has 0 radical (unpaired) electrons. The first-order valence-electron chi connectivity index (χ1n) is 5.68. The first-order chi connectivity index (χ1) is 8.99. The van der Waals surface area contributed by atoms with Crippen LogP contribution in [-0.4, -0.2) is 20.4 Å². The largest absolute Gasteiger partial charge is 0.314 e. The fraction of sp³-hybridized carbons (Fsp3) is 0.250. The molecule has 1 aromatic heterocycles. The summed E-state index contributed by atoms with van der Waals surface area (Å²) in [6, 6.07) is 9.78. The highest BCUT2D eigenvalue weighted by Gasteiger charge is 2.15. The Hall–Kier alpha value is -1.28. The van der Waals surface area contributed by atoms with E-state index in [4.69, 9.17) is 5.14 Å². The number of nitrogens with zero attached hydrogens (tertiary/aromatic N) is 1. The highest BCUT2D eigenvalue weighted by Crippen LogP contribution is 2.30. The lowest BCUT2D eigenvalue weighted by molar-refractivity contribution is 0.597. The second kappa shape index (κ2) is 5.79. The number of primary sulfonamides is 1. The topological polar surface area (TPSA) is 85.1 Å². The predicted octanol–water partition coefficient (Wildman–Crippen LogP) is 1.32. The molecule has 0 amide bonds. The maximum Gasteiger partial charge on any atom is 0.215 e. The quantitative estimate of drug-likeness (QED) is 0.871. The molecule has 0 saturated carbocycles. The number of nitrogens with two attached hydrogens (primary N) is 1. The maximum absolute atomic E-state index is 11.1. The fourth-order valence-electron chi connectivity index (χ4n) is 1.74. The summed E-state index contributed by atoms with van der Waals surface area (Å²) in [5.41, 5.74) is 1.88. The summed E-state index contributed by atoms with van der Waals surface area (Å²) >= 11 is 1.37. The average molecular weight is 297 g/mol. The zero-order chi connectivity index (χ0) is 13.9. The van der Waals surface area contributed by atoms with Gasteiger partial charge in [-0.05, 0) is 12.6 Å². The van der Waals surface area contributed by atoms with Gasteiger partial charge in [0.2, 0.25) is 10.0 Å². The highest BCUT2D eigenvalue weighted by atomic mass is 32.2. The summed E-state index contributed by atoms with van der Waals surface area (Å²) in [6.07, 6.45) is 0. The Kier molecular flexibility index (Phi) is 4.31. The first-order valence-corrected chi connectivity index (χ1v) is 8.22. The van der Waals surface area contributed by atoms with Crippen molar-refractivity contribution in [1.82, 2.24) is 10.3 Å². The lowest BCUT2D eigenvalue weighted by atomic mass is 10.1. The third-order valence-electron chi connectivity index (χ3n) is 2.45. The molecule has 2 aromatic rings. The minimum atomic E-state index is -3.55. The van der Waals surface area contributed by atoms with Gasteiger partial charge in [-0.3, -0.25) is 0 Å². The summed E-state index contributed by atoms with van der Waals surface area (Å²) in [4.78, 5) is 5.34. The van der Waals surface area contributed by atoms with Gasteiger partial charge in [0.25, 0.3) is 0 Å². The van der Waals surface area contributed by atoms with E-state index in [1.807, 2.05) is 37.4 Å². The molecule has 2 rings (SSSR count). The first kappa shape index (κ1) is 14.1. The van der Waals surface area contributed by atoms with Crippen molar-refractivity contribution in [3.8, 4) is 10.4 Å². The molecule has 102 valence electrons. The average Bonchev–Trinajstić information content (AvgIpc) is 2.71. The van der Waals surface area contributed by atoms with E-state index >= 15 is 0 Å². The Morgan fingerprint density at radius 3 is 2.58 bits per heavy atom. The standard InChI is InChI=1S/C12H15N3O2S2/c1-14-7-10-12(9-5-3-2-4-6-9)18-11(15-10)8-19(13,16)17/h2-6,14H,7-8H2,1H3,(H2,13,16,17). The molecule has 0 fully saturated rings. The van der Waals surface area contributed by atoms with E-state index in [1.54, 1.807) is 0 Å². The second-order valence-corrected chi connectivity index (χ2v) is 6.78. The van der Waals surface area contributed by atoms with Crippen LogP contribution >= 0.6 is 11.3 Å². The lowest BCUT2D eigenvalue weighted by Crippen LogP contribution is -2.14. The molecular formula is C12H15N3O2S2. The third kappa shape index (κ3) is 3.84. The van der Waals surface area contributed by atoms with Crippen molar-refractivity contribution in [3.63, 3.8) is 0 Å². The zero-order valence-electron chi connectivity index (χ0n) is 10.5. The van der Waals surface area contributed by atoms with Crippen molar-refractivity contribution in [2.24, 2.45) is 5.14 Å². The number of rotatable bonds is 5. The lowest BCUT2D eigenvalue weighted by Gasteiger charge is -2.00. The summed E-state index contributed by atoms with van der Waals surface area (Å²) < 4.78 is 22.3. The van der Waals surface area contributed by atoms with Crippen LogP contribution in [0.4, 0.5) is 0 Å². The van der Waals surface area contributed by atoms with Gasteiger partial charge in [-0.15, -0.1) is 11.3 Å². The SMILES string of the molecule is CNCc1nc(CS(N)(=O)=O)sc1-c1ccccc1. The van der Waals surface area contributed by atoms with E-state index in [2.05, 4.69) is 10.3 Å². The molecule has 0 spiro atoms. The number of nitrogens with one attached hydrogen (secondary N) is 1. The van der Waals surface area contributed by atoms with Gasteiger partial charge in [0, 0.05) is 6.54 Å². The molecule has 19 heavy (non-hydrogen) atoms. The van der Waals surface area contributed by atoms with Gasteiger partial charge >= 0.3 is 0 Å². The summed E-state index contributed by atoms with van der Waals surface area (Å²) in [5.74, 6) is -0.221. The number of hydrogen-bond acceptors (Lipinski definition) is 5. The molecule has 5 nitrogen and oxygen atoms in total. The van der Waals surface area contributed by atoms with Crippen LogP contribution in [0.2, 0.25) is 0 Å². The number of thiazole rings is 1. The molecule has 0 aliphatic rings. The molecule has 7 heteroatoms. The predicted molar refractivity (Wildman–Crippen MR) is 77.1 cm³/mol. The Bertz CT molecular complexity index is 651. The van der Waals surface area contributed by atoms with Crippen molar-refractivity contribution in [3.05, 3.63) is 41.0 Å². The number of sulfonamides is 1. The minimum absolute atomic E-state index is 0.221. The van der Waals surface area contributed by atoms with Crippen molar-refractivity contribution in [1.29, 1.82) is 0 Å². The minimum Gasteiger partial charge on any atom is -0.314 e. The fourth-order valence-corrected chi connectivity index (χ4v) is 3.76. The van der Waals surface area contributed by atoms with Crippen LogP contribution in [0.5, 0.6) is 0 Å². The van der Waals surface area contributed by atoms with E-state index in [0.29, 0.717) is 11.6 Å². The molecule has 0 saturated heterocycles. The molecule has 0 unspecified atom stereocenters. The van der Waals surface area contributed by atoms with Crippen LogP contribution in [0, 0.1) is 0 Å². The van der Waals surface area contributed by atoms with Gasteiger partial charge in [0.15, 0.2) is 0 Å². The van der Waals surface area contributed by atoms with Crippen LogP contribution < -0.4 is 10.5 Å². The highest BCUT2D eigenvalue weighted by molar-refractivity contribution is 7.88. The Balaban J connectivity index is 2.42. The Morgan fingerprint density at radius 1 is 1.32 bits per heavy atom. The van der Waals surface area contributed by atoms with Crippen LogP contribution in [0.15, 0.2) is 30.3 Å². The summed E-state index contributed by atoms with van der Waals surface area (Å²) in [6.45, 7) is 0.589. The normalized spacial score (nSPS) is 11.7. The molecule has 1 heterocycles. The molecule has 0 atom stereocenters. The van der Waals surface area contributed by atoms with Crippen LogP contribution in [0.3, 0.4) is 0 Å². The second-order valence-electron chi connectivity index (χ2n) is 4.09. The van der Waals surface area contributed by atoms with Crippen LogP contribution in [-0.2, 0) is 22.3 Å². The van der Waals surface area contributed by atoms with E-state index < -0.39 is 10.0 Å². The van der Waals surface area contributed by atoms with Gasteiger partial charge in [0.05, 0.1) is 10.6 Å². The van der Waals surface area contributed by atoms with Crippen LogP contribution in [0.25, 0.3) is 10.4 Å². The van der Waals surface area contributed by atoms with Crippen LogP contribution in [0.1, 0.15) is 10.7 Å². The zero-order valence-corrected chi connectivity index (χ0v) is 12.1. The molecule has 0 aliphatic carbocycles. The van der Waals surface area contributed by atoms with Crippen molar-refractivity contribution < 1.29 is 8.42 Å². The van der Waals surface area contributed by atoms with E-state index in [0.717, 1.165) is 16.1 Å². The van der Waals surface area contributed by atoms with Gasteiger partial charge in [-0.25, -0.2) is 18.5 Å². The number of aromatic nitrogens is 1. The molecule has 3 N–H and O–H groups in total. The Morgan fingerprint density at radius 2 is 2.00 bits per heavy atom. The summed E-state index contributed by atoms with van der Waals surface area (Å²) in [5, 5.41) is 8.62. The van der Waals surface area contributed by atoms with Crippen molar-refractivity contribution in [2.45, 2.75) is 12.3 Å². The summed E-state index contributed by atoms with van der Waals surface area (Å²) in [7, 11) is -1.72. The smallest absolute Gasteiger partial charge is 0.215 e. The van der Waals surface area contributed by atoms with E-state index in [-0.39, 0.29) is 5.75 Å². The maximum atomic E-state index is 11.1. The van der Waals surface area contributed by atoms with E-state index in [1.165, 1.54) is 11.3 Å². The molecule has 0 aliphatic heterocycles. The molecular weight excluding hydrogens is 282 g/mol. The molecule has 1 aromatic carbocycles.